The second kappa shape index (κ2) is 6.79. The summed E-state index contributed by atoms with van der Waals surface area (Å²) in [6.45, 7) is 2.20. The molecular weight excluding hydrogens is 350 g/mol. The van der Waals surface area contributed by atoms with Gasteiger partial charge in [-0.1, -0.05) is 36.4 Å². The van der Waals surface area contributed by atoms with Crippen molar-refractivity contribution < 1.29 is 14.6 Å². The van der Waals surface area contributed by atoms with Crippen molar-refractivity contribution in [3.8, 4) is 17.2 Å². The third kappa shape index (κ3) is 2.85. The quantitative estimate of drug-likeness (QED) is 0.717. The fraction of sp³-hybridized carbons (Fsp3) is 0.250. The molecule has 2 aliphatic heterocycles. The minimum Gasteiger partial charge on any atom is -0.508 e. The van der Waals surface area contributed by atoms with Gasteiger partial charge in [-0.3, -0.25) is 0 Å². The van der Waals surface area contributed by atoms with E-state index in [2.05, 4.69) is 54.4 Å². The van der Waals surface area contributed by atoms with Gasteiger partial charge >= 0.3 is 0 Å². The van der Waals surface area contributed by atoms with E-state index >= 15 is 0 Å². The van der Waals surface area contributed by atoms with E-state index in [1.807, 2.05) is 18.2 Å². The number of ether oxygens (including phenoxy) is 2. The van der Waals surface area contributed by atoms with Crippen LogP contribution >= 0.6 is 0 Å². The molecule has 3 aromatic rings. The number of rotatable bonds is 2. The molecule has 0 aromatic heterocycles. The van der Waals surface area contributed by atoms with Gasteiger partial charge in [-0.25, -0.2) is 0 Å². The van der Waals surface area contributed by atoms with Gasteiger partial charge in [-0.05, 0) is 41.5 Å². The second-order valence-corrected chi connectivity index (χ2v) is 7.53. The van der Waals surface area contributed by atoms with Gasteiger partial charge in [-0.2, -0.15) is 0 Å². The van der Waals surface area contributed by atoms with Crippen molar-refractivity contribution in [2.75, 3.05) is 31.7 Å². The Bertz CT molecular complexity index is 1000. The Kier molecular flexibility index (Phi) is 4.12. The van der Waals surface area contributed by atoms with E-state index in [1.54, 1.807) is 6.07 Å². The topological polar surface area (TPSA) is 41.9 Å². The summed E-state index contributed by atoms with van der Waals surface area (Å²) in [4.78, 5) is 2.24. The summed E-state index contributed by atoms with van der Waals surface area (Å²) in [5.41, 5.74) is 4.59. The van der Waals surface area contributed by atoms with Crippen LogP contribution in [0.2, 0.25) is 0 Å². The zero-order chi connectivity index (χ0) is 19.1. The third-order valence-electron chi connectivity index (χ3n) is 5.81. The second-order valence-electron chi connectivity index (χ2n) is 7.53. The molecule has 2 atom stereocenters. The van der Waals surface area contributed by atoms with Crippen LogP contribution in [0.1, 0.15) is 28.5 Å². The molecule has 2 heterocycles. The number of fused-ring (bicyclic) bond motifs is 2. The van der Waals surface area contributed by atoms with E-state index in [0.29, 0.717) is 13.2 Å². The van der Waals surface area contributed by atoms with Crippen molar-refractivity contribution >= 4 is 5.69 Å². The third-order valence-corrected chi connectivity index (χ3v) is 5.81. The molecule has 0 radical (unpaired) electrons. The normalized spacial score (nSPS) is 20.5. The highest BCUT2D eigenvalue weighted by Crippen LogP contribution is 2.48. The first-order valence-corrected chi connectivity index (χ1v) is 9.69. The lowest BCUT2D eigenvalue weighted by Gasteiger charge is -2.36. The zero-order valence-electron chi connectivity index (χ0n) is 15.8. The van der Waals surface area contributed by atoms with Gasteiger partial charge in [-0.15, -0.1) is 0 Å². The minimum absolute atomic E-state index is 0.0962. The number of nitrogens with zero attached hydrogens (tertiary/aromatic N) is 1. The van der Waals surface area contributed by atoms with Crippen molar-refractivity contribution in [3.05, 3.63) is 83.4 Å². The zero-order valence-corrected chi connectivity index (χ0v) is 15.8. The minimum atomic E-state index is 0.0962. The Hall–Kier alpha value is -3.14. The van der Waals surface area contributed by atoms with Gasteiger partial charge in [0.25, 0.3) is 0 Å². The monoisotopic (exact) mass is 373 g/mol. The molecule has 0 aliphatic carbocycles. The molecule has 28 heavy (non-hydrogen) atoms. The van der Waals surface area contributed by atoms with Gasteiger partial charge in [0.2, 0.25) is 0 Å². The molecule has 0 spiro atoms. The number of likely N-dealkylation sites (N-methyl/N-ethyl adjacent to an activating group) is 1. The lowest BCUT2D eigenvalue weighted by Crippen LogP contribution is -2.29. The van der Waals surface area contributed by atoms with Crippen LogP contribution in [0.15, 0.2) is 66.7 Å². The summed E-state index contributed by atoms with van der Waals surface area (Å²) in [6, 6.07) is 22.3. The molecule has 0 saturated heterocycles. The molecule has 2 aliphatic rings. The van der Waals surface area contributed by atoms with Crippen molar-refractivity contribution in [2.24, 2.45) is 0 Å². The number of hydrogen-bond donors (Lipinski definition) is 1. The summed E-state index contributed by atoms with van der Waals surface area (Å²) in [5, 5.41) is 10.2. The number of anilines is 1. The smallest absolute Gasteiger partial charge is 0.142 e. The van der Waals surface area contributed by atoms with Crippen LogP contribution in [0, 0.1) is 0 Å². The van der Waals surface area contributed by atoms with E-state index < -0.39 is 0 Å². The largest absolute Gasteiger partial charge is 0.508 e. The van der Waals surface area contributed by atoms with E-state index in [0.717, 1.165) is 29.3 Å². The van der Waals surface area contributed by atoms with E-state index in [1.165, 1.54) is 11.1 Å². The standard InChI is InChI=1S/C24H23NO3/c1-25-11-12-27-23-9-7-17(13-21(23)25)24-19-14-18(26)8-10-22(19)28-15-20(24)16-5-3-2-4-6-16/h2-10,13-14,20,24,26H,11-12,15H2,1H3/t20-,24-/m1/s1. The number of phenols is 1. The van der Waals surface area contributed by atoms with Gasteiger partial charge in [0.05, 0.1) is 18.8 Å². The van der Waals surface area contributed by atoms with E-state index in [9.17, 15) is 5.11 Å². The molecule has 0 bridgehead atoms. The van der Waals surface area contributed by atoms with Gasteiger partial charge in [0, 0.05) is 24.4 Å². The molecule has 3 aromatic carbocycles. The Morgan fingerprint density at radius 2 is 1.71 bits per heavy atom. The predicted molar refractivity (Wildman–Crippen MR) is 110 cm³/mol. The lowest BCUT2D eigenvalue weighted by molar-refractivity contribution is 0.248. The van der Waals surface area contributed by atoms with Crippen LogP contribution in [0.3, 0.4) is 0 Å². The Balaban J connectivity index is 1.67. The molecule has 1 N–H and O–H groups in total. The van der Waals surface area contributed by atoms with Crippen LogP contribution < -0.4 is 14.4 Å². The molecular formula is C24H23NO3. The van der Waals surface area contributed by atoms with Crippen LogP contribution in [0.5, 0.6) is 17.2 Å². The number of phenolic OH excluding ortho intramolecular Hbond substituents is 1. The van der Waals surface area contributed by atoms with Crippen LogP contribution in [-0.4, -0.2) is 31.9 Å². The molecule has 142 valence electrons. The molecule has 0 fully saturated rings. The molecule has 0 unspecified atom stereocenters. The first kappa shape index (κ1) is 17.0. The molecule has 0 saturated carbocycles. The van der Waals surface area contributed by atoms with Crippen LogP contribution in [-0.2, 0) is 0 Å². The SMILES string of the molecule is CN1CCOc2ccc([C@@H]3c4cc(O)ccc4OC[C@@H]3c3ccccc3)cc21. The predicted octanol–water partition coefficient (Wildman–Crippen LogP) is 4.53. The fourth-order valence-corrected chi connectivity index (χ4v) is 4.36. The Morgan fingerprint density at radius 1 is 0.893 bits per heavy atom. The Labute approximate surface area is 165 Å². The first-order chi connectivity index (χ1) is 13.7. The summed E-state index contributed by atoms with van der Waals surface area (Å²) in [7, 11) is 2.10. The molecule has 4 nitrogen and oxygen atoms in total. The first-order valence-electron chi connectivity index (χ1n) is 9.69. The molecule has 0 amide bonds. The molecule has 5 rings (SSSR count). The van der Waals surface area contributed by atoms with Crippen molar-refractivity contribution in [2.45, 2.75) is 11.8 Å². The van der Waals surface area contributed by atoms with E-state index in [4.69, 9.17) is 9.47 Å². The Morgan fingerprint density at radius 3 is 2.57 bits per heavy atom. The summed E-state index contributed by atoms with van der Waals surface area (Å²) in [5.74, 6) is 2.30. The maximum Gasteiger partial charge on any atom is 0.142 e. The number of aromatic hydroxyl groups is 1. The maximum atomic E-state index is 10.2. The average molecular weight is 373 g/mol. The van der Waals surface area contributed by atoms with Gasteiger partial charge in [0.1, 0.15) is 23.9 Å². The van der Waals surface area contributed by atoms with Crippen molar-refractivity contribution in [3.63, 3.8) is 0 Å². The number of hydrogen-bond acceptors (Lipinski definition) is 4. The summed E-state index contributed by atoms with van der Waals surface area (Å²) in [6.07, 6.45) is 0. The average Bonchev–Trinajstić information content (AvgIpc) is 2.73. The van der Waals surface area contributed by atoms with Crippen molar-refractivity contribution in [1.29, 1.82) is 0 Å². The highest BCUT2D eigenvalue weighted by molar-refractivity contribution is 5.63. The fourth-order valence-electron chi connectivity index (χ4n) is 4.36. The highest BCUT2D eigenvalue weighted by atomic mass is 16.5. The highest BCUT2D eigenvalue weighted by Gasteiger charge is 2.34. The van der Waals surface area contributed by atoms with Crippen LogP contribution in [0.25, 0.3) is 0 Å². The molecule has 4 heteroatoms. The van der Waals surface area contributed by atoms with Gasteiger partial charge in [0.15, 0.2) is 0 Å². The summed E-state index contributed by atoms with van der Waals surface area (Å²) >= 11 is 0. The van der Waals surface area contributed by atoms with Crippen molar-refractivity contribution in [1.82, 2.24) is 0 Å². The maximum absolute atomic E-state index is 10.2. The van der Waals surface area contributed by atoms with E-state index in [-0.39, 0.29) is 17.6 Å². The van der Waals surface area contributed by atoms with Gasteiger partial charge < -0.3 is 19.5 Å². The summed E-state index contributed by atoms with van der Waals surface area (Å²) < 4.78 is 11.9. The lowest BCUT2D eigenvalue weighted by atomic mass is 9.75. The number of benzene rings is 3. The van der Waals surface area contributed by atoms with Crippen LogP contribution in [0.4, 0.5) is 5.69 Å².